The van der Waals surface area contributed by atoms with Crippen LogP contribution >= 0.6 is 22.9 Å². The fourth-order valence-electron chi connectivity index (χ4n) is 3.77. The van der Waals surface area contributed by atoms with Crippen molar-refractivity contribution in [1.29, 1.82) is 0 Å². The molecule has 4 heterocycles. The smallest absolute Gasteiger partial charge is 0.176 e. The van der Waals surface area contributed by atoms with Crippen LogP contribution in [0.25, 0.3) is 16.6 Å². The van der Waals surface area contributed by atoms with Crippen molar-refractivity contribution in [1.82, 2.24) is 19.5 Å². The predicted molar refractivity (Wildman–Crippen MR) is 112 cm³/mol. The van der Waals surface area contributed by atoms with Gasteiger partial charge in [0.1, 0.15) is 10.8 Å². The van der Waals surface area contributed by atoms with Crippen molar-refractivity contribution in [3.8, 4) is 0 Å². The van der Waals surface area contributed by atoms with E-state index < -0.39 is 0 Å². The van der Waals surface area contributed by atoms with Crippen molar-refractivity contribution >= 4 is 45.3 Å². The van der Waals surface area contributed by atoms with Crippen LogP contribution in [0.15, 0.2) is 41.1 Å². The lowest BCUT2D eigenvalue weighted by Crippen LogP contribution is -2.46. The molecule has 5 rings (SSSR count). The van der Waals surface area contributed by atoms with E-state index in [4.69, 9.17) is 16.6 Å². The summed E-state index contributed by atoms with van der Waals surface area (Å²) in [5.41, 5.74) is 4.00. The average molecular weight is 398 g/mol. The number of hydrogen-bond acceptors (Lipinski definition) is 5. The number of aromatic nitrogens is 3. The van der Waals surface area contributed by atoms with Crippen LogP contribution in [-0.4, -0.2) is 45.7 Å². The molecule has 138 valence electrons. The van der Waals surface area contributed by atoms with Gasteiger partial charge in [-0.05, 0) is 41.4 Å². The molecule has 27 heavy (non-hydrogen) atoms. The predicted octanol–water partition coefficient (Wildman–Crippen LogP) is 4.23. The van der Waals surface area contributed by atoms with E-state index >= 15 is 0 Å². The first-order valence-corrected chi connectivity index (χ1v) is 10.4. The summed E-state index contributed by atoms with van der Waals surface area (Å²) in [5, 5.41) is 10.7. The highest BCUT2D eigenvalue weighted by molar-refractivity contribution is 7.07. The van der Waals surface area contributed by atoms with Crippen LogP contribution in [0.3, 0.4) is 0 Å². The Bertz CT molecular complexity index is 1100. The lowest BCUT2D eigenvalue weighted by atomic mass is 10.2. The second kappa shape index (κ2) is 6.78. The fourth-order valence-corrected chi connectivity index (χ4v) is 4.59. The lowest BCUT2D eigenvalue weighted by Gasteiger charge is -2.35. The molecule has 0 atom stereocenters. The molecule has 1 saturated heterocycles. The average Bonchev–Trinajstić information content (AvgIpc) is 3.31. The van der Waals surface area contributed by atoms with E-state index in [0.29, 0.717) is 5.02 Å². The highest BCUT2D eigenvalue weighted by Gasteiger charge is 2.22. The first-order chi connectivity index (χ1) is 13.2. The van der Waals surface area contributed by atoms with E-state index in [9.17, 15) is 0 Å². The molecule has 1 aromatic carbocycles. The van der Waals surface area contributed by atoms with Crippen molar-refractivity contribution in [2.24, 2.45) is 0 Å². The van der Waals surface area contributed by atoms with Gasteiger partial charge in [0.05, 0.1) is 11.2 Å². The Labute approximate surface area is 166 Å². The van der Waals surface area contributed by atoms with Gasteiger partial charge in [-0.1, -0.05) is 23.7 Å². The number of hydrogen-bond donors (Lipinski definition) is 0. The van der Waals surface area contributed by atoms with E-state index in [1.807, 2.05) is 17.5 Å². The zero-order chi connectivity index (χ0) is 18.4. The Morgan fingerprint density at radius 1 is 1.11 bits per heavy atom. The van der Waals surface area contributed by atoms with Crippen LogP contribution in [0.2, 0.25) is 5.02 Å². The Morgan fingerprint density at radius 3 is 2.70 bits per heavy atom. The zero-order valence-electron chi connectivity index (χ0n) is 15.1. The normalized spacial score (nSPS) is 15.9. The molecule has 0 N–H and O–H groups in total. The molecule has 0 aliphatic carbocycles. The molecule has 4 aromatic rings. The summed E-state index contributed by atoms with van der Waals surface area (Å²) in [6.45, 7) is 6.93. The minimum Gasteiger partial charge on any atom is -0.353 e. The van der Waals surface area contributed by atoms with Crippen molar-refractivity contribution in [3.63, 3.8) is 0 Å². The third kappa shape index (κ3) is 2.98. The van der Waals surface area contributed by atoms with Crippen molar-refractivity contribution < 1.29 is 0 Å². The highest BCUT2D eigenvalue weighted by atomic mass is 35.5. The van der Waals surface area contributed by atoms with Gasteiger partial charge in [0.15, 0.2) is 5.65 Å². The van der Waals surface area contributed by atoms with Gasteiger partial charge >= 0.3 is 0 Å². The zero-order valence-corrected chi connectivity index (χ0v) is 16.7. The Balaban J connectivity index is 1.48. The van der Waals surface area contributed by atoms with Gasteiger partial charge in [-0.3, -0.25) is 4.90 Å². The number of anilines is 1. The molecule has 3 aromatic heterocycles. The molecule has 5 nitrogen and oxygen atoms in total. The van der Waals surface area contributed by atoms with Crippen molar-refractivity contribution in [2.75, 3.05) is 31.1 Å². The van der Waals surface area contributed by atoms with E-state index in [-0.39, 0.29) is 0 Å². The second-order valence-electron chi connectivity index (χ2n) is 6.98. The molecule has 0 bridgehead atoms. The van der Waals surface area contributed by atoms with Crippen LogP contribution in [0.4, 0.5) is 5.82 Å². The van der Waals surface area contributed by atoms with Crippen molar-refractivity contribution in [3.05, 3.63) is 57.4 Å². The molecule has 1 aliphatic heterocycles. The van der Waals surface area contributed by atoms with Crippen LogP contribution < -0.4 is 4.90 Å². The van der Waals surface area contributed by atoms with Gasteiger partial charge in [-0.2, -0.15) is 16.4 Å². The summed E-state index contributed by atoms with van der Waals surface area (Å²) >= 11 is 8.25. The van der Waals surface area contributed by atoms with Crippen molar-refractivity contribution in [2.45, 2.75) is 13.5 Å². The maximum Gasteiger partial charge on any atom is 0.176 e. The van der Waals surface area contributed by atoms with Gasteiger partial charge < -0.3 is 4.90 Å². The summed E-state index contributed by atoms with van der Waals surface area (Å²) in [6, 6.07) is 10.5. The number of benzene rings is 1. The molecule has 0 unspecified atom stereocenters. The Morgan fingerprint density at radius 2 is 1.93 bits per heavy atom. The maximum absolute atomic E-state index is 6.48. The first kappa shape index (κ1) is 17.0. The number of piperazine rings is 1. The number of thiophene rings is 1. The van der Waals surface area contributed by atoms with Gasteiger partial charge in [-0.15, -0.1) is 0 Å². The van der Waals surface area contributed by atoms with Crippen LogP contribution in [0.1, 0.15) is 11.3 Å². The molecular weight excluding hydrogens is 378 g/mol. The quantitative estimate of drug-likeness (QED) is 0.518. The molecule has 1 fully saturated rings. The van der Waals surface area contributed by atoms with E-state index in [2.05, 4.69) is 49.9 Å². The maximum atomic E-state index is 6.48. The minimum atomic E-state index is 0.637. The SMILES string of the molecule is Cc1nn2c(nc(N3CCN(Cc4ccsc4)CC3)c3ccccc32)c1Cl. The van der Waals surface area contributed by atoms with Gasteiger partial charge in [-0.25, -0.2) is 9.50 Å². The molecule has 0 radical (unpaired) electrons. The Kier molecular flexibility index (Phi) is 4.27. The summed E-state index contributed by atoms with van der Waals surface area (Å²) in [4.78, 5) is 9.81. The standard InChI is InChI=1S/C20H20ClN5S/c1-14-18(21)20-22-19(16-4-2-3-5-17(16)26(20)23-14)25-9-7-24(8-10-25)12-15-6-11-27-13-15/h2-6,11,13H,7-10,12H2,1H3. The molecule has 0 amide bonds. The summed E-state index contributed by atoms with van der Waals surface area (Å²) < 4.78 is 1.86. The summed E-state index contributed by atoms with van der Waals surface area (Å²) in [7, 11) is 0. The fraction of sp³-hybridized carbons (Fsp3) is 0.300. The lowest BCUT2D eigenvalue weighted by molar-refractivity contribution is 0.250. The summed E-state index contributed by atoms with van der Waals surface area (Å²) in [6.07, 6.45) is 0. The topological polar surface area (TPSA) is 36.7 Å². The third-order valence-electron chi connectivity index (χ3n) is 5.21. The number of rotatable bonds is 3. The molecule has 7 heteroatoms. The summed E-state index contributed by atoms with van der Waals surface area (Å²) in [5.74, 6) is 1.01. The highest BCUT2D eigenvalue weighted by Crippen LogP contribution is 2.30. The second-order valence-corrected chi connectivity index (χ2v) is 8.14. The number of fused-ring (bicyclic) bond motifs is 3. The molecular formula is C20H20ClN5S. The number of nitrogens with zero attached hydrogens (tertiary/aromatic N) is 5. The number of aryl methyl sites for hydroxylation is 1. The van der Waals surface area contributed by atoms with Gasteiger partial charge in [0.25, 0.3) is 0 Å². The molecule has 1 aliphatic rings. The number of para-hydroxylation sites is 1. The molecule has 0 saturated carbocycles. The van der Waals surface area contributed by atoms with Crippen LogP contribution in [-0.2, 0) is 6.54 Å². The van der Waals surface area contributed by atoms with Gasteiger partial charge in [0.2, 0.25) is 0 Å². The van der Waals surface area contributed by atoms with Crippen LogP contribution in [0, 0.1) is 6.92 Å². The van der Waals surface area contributed by atoms with E-state index in [1.165, 1.54) is 5.56 Å². The Hall–Kier alpha value is -2.15. The largest absolute Gasteiger partial charge is 0.353 e. The van der Waals surface area contributed by atoms with E-state index in [0.717, 1.165) is 60.8 Å². The monoisotopic (exact) mass is 397 g/mol. The third-order valence-corrected chi connectivity index (χ3v) is 6.38. The van der Waals surface area contributed by atoms with Crippen LogP contribution in [0.5, 0.6) is 0 Å². The molecule has 0 spiro atoms. The van der Waals surface area contributed by atoms with E-state index in [1.54, 1.807) is 11.3 Å². The number of halogens is 1. The minimum absolute atomic E-state index is 0.637. The van der Waals surface area contributed by atoms with Gasteiger partial charge in [0, 0.05) is 38.1 Å². The first-order valence-electron chi connectivity index (χ1n) is 9.12.